The first kappa shape index (κ1) is 22.3. The molecule has 2 aliphatic rings. The van der Waals surface area contributed by atoms with Gasteiger partial charge < -0.3 is 20.9 Å². The predicted molar refractivity (Wildman–Crippen MR) is 136 cm³/mol. The monoisotopic (exact) mass is 507 g/mol. The Bertz CT molecular complexity index is 1540. The van der Waals surface area contributed by atoms with Gasteiger partial charge in [0.2, 0.25) is 5.78 Å². The molecule has 0 radical (unpaired) electrons. The van der Waals surface area contributed by atoms with Crippen LogP contribution in [0.25, 0.3) is 21.9 Å². The smallest absolute Gasteiger partial charge is 0.254 e. The lowest BCUT2D eigenvalue weighted by Crippen LogP contribution is -2.37. The second kappa shape index (κ2) is 8.47. The molecule has 0 unspecified atom stereocenters. The van der Waals surface area contributed by atoms with E-state index in [4.69, 9.17) is 27.3 Å². The van der Waals surface area contributed by atoms with Crippen LogP contribution >= 0.6 is 23.4 Å². The standard InChI is InChI=1S/C24H22ClN7O2S/c1-2-15-19(25)18-21(29-15)30-24(31-22(18)32-6-5-12(26)10-32)35-13-4-3-11-7-14-20(28-16(11)8-13)17(33)9-27-23(14)34/h3-4,7-8,12H,2,5-6,9-10,26H2,1H3,(H,27,34)(H,29,30,31)/t12-/m0/s1. The normalized spacial score (nSPS) is 17.9. The number of ketones is 1. The average molecular weight is 508 g/mol. The van der Waals surface area contributed by atoms with Crippen molar-refractivity contribution >= 4 is 62.8 Å². The Labute approximate surface area is 209 Å². The van der Waals surface area contributed by atoms with Crippen molar-refractivity contribution < 1.29 is 9.59 Å². The van der Waals surface area contributed by atoms with Gasteiger partial charge in [-0.3, -0.25) is 9.59 Å². The molecule has 1 atom stereocenters. The Morgan fingerprint density at radius 1 is 1.23 bits per heavy atom. The van der Waals surface area contributed by atoms with Gasteiger partial charge in [-0.25, -0.2) is 15.0 Å². The number of fused-ring (bicyclic) bond motifs is 3. The van der Waals surface area contributed by atoms with Gasteiger partial charge in [0.05, 0.1) is 28.0 Å². The number of aryl methyl sites for hydroxylation is 1. The highest BCUT2D eigenvalue weighted by atomic mass is 35.5. The van der Waals surface area contributed by atoms with Gasteiger partial charge in [-0.15, -0.1) is 0 Å². The Morgan fingerprint density at radius 2 is 2.09 bits per heavy atom. The number of amides is 1. The number of rotatable bonds is 4. The number of hydrogen-bond donors (Lipinski definition) is 3. The van der Waals surface area contributed by atoms with Crippen LogP contribution in [0.1, 0.15) is 39.9 Å². The number of nitrogens with zero attached hydrogens (tertiary/aromatic N) is 4. The third kappa shape index (κ3) is 3.81. The van der Waals surface area contributed by atoms with Crippen LogP contribution in [0.15, 0.2) is 34.3 Å². The molecule has 4 aromatic rings. The average Bonchev–Trinajstić information content (AvgIpc) is 3.43. The molecule has 5 heterocycles. The van der Waals surface area contributed by atoms with Gasteiger partial charge in [-0.2, -0.15) is 0 Å². The molecule has 0 saturated carbocycles. The van der Waals surface area contributed by atoms with Gasteiger partial charge in [-0.05, 0) is 42.8 Å². The van der Waals surface area contributed by atoms with Gasteiger partial charge in [0, 0.05) is 35.1 Å². The van der Waals surface area contributed by atoms with Crippen LogP contribution in [0, 0.1) is 0 Å². The predicted octanol–water partition coefficient (Wildman–Crippen LogP) is 3.34. The number of anilines is 1. The van der Waals surface area contributed by atoms with E-state index < -0.39 is 0 Å². The number of H-pyrrole nitrogens is 1. The summed E-state index contributed by atoms with van der Waals surface area (Å²) < 4.78 is 0. The van der Waals surface area contributed by atoms with E-state index in [0.717, 1.165) is 46.6 Å². The van der Waals surface area contributed by atoms with Crippen molar-refractivity contribution in [2.45, 2.75) is 35.9 Å². The molecule has 9 nitrogen and oxygen atoms in total. The number of pyridine rings is 1. The van der Waals surface area contributed by atoms with E-state index in [1.54, 1.807) is 6.07 Å². The zero-order valence-electron chi connectivity index (χ0n) is 18.9. The molecule has 1 saturated heterocycles. The van der Waals surface area contributed by atoms with Crippen LogP contribution in [0.3, 0.4) is 0 Å². The van der Waals surface area contributed by atoms with E-state index >= 15 is 0 Å². The second-order valence-electron chi connectivity index (χ2n) is 8.77. The van der Waals surface area contributed by atoms with Crippen LogP contribution in [0.2, 0.25) is 5.02 Å². The van der Waals surface area contributed by atoms with Gasteiger partial charge >= 0.3 is 0 Å². The molecule has 4 N–H and O–H groups in total. The third-order valence-electron chi connectivity index (χ3n) is 6.42. The maximum absolute atomic E-state index is 12.3. The summed E-state index contributed by atoms with van der Waals surface area (Å²) in [7, 11) is 0. The minimum atomic E-state index is -0.278. The summed E-state index contributed by atoms with van der Waals surface area (Å²) in [6, 6.07) is 7.52. The van der Waals surface area contributed by atoms with Crippen molar-refractivity contribution in [3.8, 4) is 0 Å². The number of aromatic amines is 1. The van der Waals surface area contributed by atoms with E-state index in [0.29, 0.717) is 33.5 Å². The molecule has 1 fully saturated rings. The van der Waals surface area contributed by atoms with E-state index in [2.05, 4.69) is 20.2 Å². The van der Waals surface area contributed by atoms with Crippen molar-refractivity contribution in [1.82, 2.24) is 25.3 Å². The van der Waals surface area contributed by atoms with Crippen molar-refractivity contribution in [1.29, 1.82) is 0 Å². The van der Waals surface area contributed by atoms with Gasteiger partial charge in [0.1, 0.15) is 17.2 Å². The molecule has 3 aromatic heterocycles. The fourth-order valence-electron chi connectivity index (χ4n) is 4.61. The minimum absolute atomic E-state index is 0.0337. The molecule has 0 bridgehead atoms. The highest BCUT2D eigenvalue weighted by Crippen LogP contribution is 2.38. The molecule has 0 spiro atoms. The quantitative estimate of drug-likeness (QED) is 0.358. The zero-order valence-corrected chi connectivity index (χ0v) is 20.5. The highest BCUT2D eigenvalue weighted by molar-refractivity contribution is 7.99. The minimum Gasteiger partial charge on any atom is -0.354 e. The first-order chi connectivity index (χ1) is 16.9. The SMILES string of the molecule is CCc1[nH]c2nc(Sc3ccc4cc5c(nc4c3)C(=O)CNC5=O)nc(N3CC[C@H](N)C3)c2c1Cl. The van der Waals surface area contributed by atoms with E-state index in [9.17, 15) is 9.59 Å². The lowest BCUT2D eigenvalue weighted by molar-refractivity contribution is 0.0874. The summed E-state index contributed by atoms with van der Waals surface area (Å²) in [4.78, 5) is 45.0. The van der Waals surface area contributed by atoms with Gasteiger partial charge in [0.15, 0.2) is 5.16 Å². The Hall–Kier alpha value is -3.21. The van der Waals surface area contributed by atoms with Crippen molar-refractivity contribution in [3.05, 3.63) is 46.2 Å². The lowest BCUT2D eigenvalue weighted by Gasteiger charge is -2.18. The van der Waals surface area contributed by atoms with E-state index in [-0.39, 0.29) is 30.0 Å². The zero-order chi connectivity index (χ0) is 24.3. The molecule has 1 amide bonds. The van der Waals surface area contributed by atoms with Crippen molar-refractivity contribution in [2.75, 3.05) is 24.5 Å². The molecule has 1 aromatic carbocycles. The van der Waals surface area contributed by atoms with Crippen molar-refractivity contribution in [2.24, 2.45) is 5.73 Å². The van der Waals surface area contributed by atoms with E-state index in [1.165, 1.54) is 11.8 Å². The molecule has 0 aliphatic carbocycles. The fraction of sp³-hybridized carbons (Fsp3) is 0.292. The molecule has 2 aliphatic heterocycles. The van der Waals surface area contributed by atoms with Crippen LogP contribution in [0.4, 0.5) is 5.82 Å². The maximum Gasteiger partial charge on any atom is 0.254 e. The molecule has 6 rings (SSSR count). The largest absolute Gasteiger partial charge is 0.354 e. The maximum atomic E-state index is 12.3. The number of benzene rings is 1. The number of nitrogens with one attached hydrogen (secondary N) is 2. The Kier molecular flexibility index (Phi) is 5.39. The lowest BCUT2D eigenvalue weighted by atomic mass is 10.0. The summed E-state index contributed by atoms with van der Waals surface area (Å²) >= 11 is 8.10. The molecule has 178 valence electrons. The first-order valence-corrected chi connectivity index (χ1v) is 12.6. The summed E-state index contributed by atoms with van der Waals surface area (Å²) in [5.74, 6) is 0.313. The molecule has 11 heteroatoms. The summed E-state index contributed by atoms with van der Waals surface area (Å²) in [6.45, 7) is 3.53. The number of Topliss-reactive ketones (excluding diaryl/α,β-unsaturated/α-hetero) is 1. The second-order valence-corrected chi connectivity index (χ2v) is 10.2. The number of hydrogen-bond acceptors (Lipinski definition) is 8. The highest BCUT2D eigenvalue weighted by Gasteiger charge is 2.27. The van der Waals surface area contributed by atoms with Crippen LogP contribution in [-0.2, 0) is 6.42 Å². The van der Waals surface area contributed by atoms with Crippen LogP contribution < -0.4 is 16.0 Å². The summed E-state index contributed by atoms with van der Waals surface area (Å²) in [5.41, 5.74) is 8.96. The summed E-state index contributed by atoms with van der Waals surface area (Å²) in [6.07, 6.45) is 1.65. The first-order valence-electron chi connectivity index (χ1n) is 11.4. The Morgan fingerprint density at radius 3 is 2.86 bits per heavy atom. The van der Waals surface area contributed by atoms with Crippen molar-refractivity contribution in [3.63, 3.8) is 0 Å². The number of nitrogens with two attached hydrogens (primary N) is 1. The number of halogens is 1. The van der Waals surface area contributed by atoms with Gasteiger partial charge in [-0.1, -0.05) is 24.6 Å². The topological polar surface area (TPSA) is 130 Å². The number of carbonyl (C=O) groups excluding carboxylic acids is 2. The molecule has 35 heavy (non-hydrogen) atoms. The van der Waals surface area contributed by atoms with E-state index in [1.807, 2.05) is 25.1 Å². The van der Waals surface area contributed by atoms with Crippen LogP contribution in [-0.4, -0.2) is 57.3 Å². The summed E-state index contributed by atoms with van der Waals surface area (Å²) in [5, 5.41) is 5.41. The molecular weight excluding hydrogens is 486 g/mol. The van der Waals surface area contributed by atoms with Gasteiger partial charge in [0.25, 0.3) is 5.91 Å². The molecular formula is C24H22ClN7O2S. The Balaban J connectivity index is 1.41. The fourth-order valence-corrected chi connectivity index (χ4v) is 5.75. The number of aromatic nitrogens is 4. The number of carbonyl (C=O) groups is 2. The third-order valence-corrected chi connectivity index (χ3v) is 7.69. The van der Waals surface area contributed by atoms with Crippen LogP contribution in [0.5, 0.6) is 0 Å².